The van der Waals surface area contributed by atoms with Crippen LogP contribution in [0.5, 0.6) is 0 Å². The number of nitrogens with one attached hydrogen (secondary N) is 1. The molecule has 1 N–H and O–H groups in total. The first-order chi connectivity index (χ1) is 6.76. The minimum atomic E-state index is 0.550. The summed E-state index contributed by atoms with van der Waals surface area (Å²) in [5.41, 5.74) is 1.23. The van der Waals surface area contributed by atoms with Gasteiger partial charge in [-0.3, -0.25) is 4.68 Å². The van der Waals surface area contributed by atoms with Gasteiger partial charge in [-0.2, -0.15) is 5.10 Å². The molecular weight excluding hydrogens is 174 g/mol. The topological polar surface area (TPSA) is 29.9 Å². The van der Waals surface area contributed by atoms with E-state index in [1.807, 2.05) is 10.9 Å². The zero-order valence-corrected chi connectivity index (χ0v) is 9.45. The van der Waals surface area contributed by atoms with E-state index in [-0.39, 0.29) is 0 Å². The molecular formula is C11H21N3. The van der Waals surface area contributed by atoms with Crippen LogP contribution in [0.2, 0.25) is 0 Å². The lowest BCUT2D eigenvalue weighted by molar-refractivity contribution is 0.416. The van der Waals surface area contributed by atoms with Gasteiger partial charge in [0.05, 0.1) is 12.7 Å². The van der Waals surface area contributed by atoms with Gasteiger partial charge in [-0.05, 0) is 31.9 Å². The monoisotopic (exact) mass is 195 g/mol. The Bertz CT molecular complexity index is 255. The molecule has 1 atom stereocenters. The van der Waals surface area contributed by atoms with Gasteiger partial charge in [-0.1, -0.05) is 13.8 Å². The van der Waals surface area contributed by atoms with Crippen molar-refractivity contribution in [1.82, 2.24) is 15.1 Å². The van der Waals surface area contributed by atoms with Crippen LogP contribution in [-0.2, 0) is 6.54 Å². The van der Waals surface area contributed by atoms with Crippen molar-refractivity contribution in [3.63, 3.8) is 0 Å². The Balaban J connectivity index is 2.40. The van der Waals surface area contributed by atoms with Gasteiger partial charge in [0.25, 0.3) is 0 Å². The van der Waals surface area contributed by atoms with E-state index in [1.54, 1.807) is 0 Å². The van der Waals surface area contributed by atoms with Gasteiger partial charge in [0, 0.05) is 12.2 Å². The molecule has 0 saturated heterocycles. The molecule has 0 radical (unpaired) electrons. The number of nitrogens with zero attached hydrogens (tertiary/aromatic N) is 2. The van der Waals surface area contributed by atoms with Gasteiger partial charge in [0.15, 0.2) is 0 Å². The Morgan fingerprint density at radius 1 is 1.50 bits per heavy atom. The third-order valence-electron chi connectivity index (χ3n) is 2.35. The Morgan fingerprint density at radius 2 is 2.29 bits per heavy atom. The Kier molecular flexibility index (Phi) is 4.66. The summed E-state index contributed by atoms with van der Waals surface area (Å²) in [4.78, 5) is 0. The molecule has 0 fully saturated rings. The Morgan fingerprint density at radius 3 is 2.79 bits per heavy atom. The summed E-state index contributed by atoms with van der Waals surface area (Å²) in [6.07, 6.45) is 6.34. The average molecular weight is 195 g/mol. The lowest BCUT2D eigenvalue weighted by Crippen LogP contribution is -2.33. The molecule has 0 spiro atoms. The normalized spacial score (nSPS) is 13.1. The van der Waals surface area contributed by atoms with E-state index in [9.17, 15) is 0 Å². The van der Waals surface area contributed by atoms with Crippen molar-refractivity contribution < 1.29 is 0 Å². The maximum Gasteiger partial charge on any atom is 0.0562 e. The minimum absolute atomic E-state index is 0.550. The third-order valence-corrected chi connectivity index (χ3v) is 2.35. The molecule has 0 aromatic carbocycles. The number of rotatable bonds is 6. The molecule has 1 aromatic heterocycles. The first-order valence-corrected chi connectivity index (χ1v) is 5.48. The SMILES string of the molecule is CCCNC(CC)Cn1cc(C)cn1. The van der Waals surface area contributed by atoms with Crippen molar-refractivity contribution >= 4 is 0 Å². The van der Waals surface area contributed by atoms with Crippen LogP contribution >= 0.6 is 0 Å². The second kappa shape index (κ2) is 5.81. The van der Waals surface area contributed by atoms with Crippen molar-refractivity contribution in [2.45, 2.75) is 46.2 Å². The second-order valence-electron chi connectivity index (χ2n) is 3.80. The van der Waals surface area contributed by atoms with E-state index in [4.69, 9.17) is 0 Å². The van der Waals surface area contributed by atoms with Crippen LogP contribution in [-0.4, -0.2) is 22.4 Å². The summed E-state index contributed by atoms with van der Waals surface area (Å²) >= 11 is 0. The molecule has 3 heteroatoms. The summed E-state index contributed by atoms with van der Waals surface area (Å²) in [7, 11) is 0. The van der Waals surface area contributed by atoms with Crippen LogP contribution in [0.15, 0.2) is 12.4 Å². The summed E-state index contributed by atoms with van der Waals surface area (Å²) in [6.45, 7) is 8.55. The van der Waals surface area contributed by atoms with Gasteiger partial charge in [0.2, 0.25) is 0 Å². The summed E-state index contributed by atoms with van der Waals surface area (Å²) in [6, 6.07) is 0.550. The lowest BCUT2D eigenvalue weighted by atomic mass is 10.2. The Hall–Kier alpha value is -0.830. The van der Waals surface area contributed by atoms with Crippen molar-refractivity contribution in [3.8, 4) is 0 Å². The van der Waals surface area contributed by atoms with Crippen molar-refractivity contribution in [2.24, 2.45) is 0 Å². The molecule has 1 aromatic rings. The number of hydrogen-bond donors (Lipinski definition) is 1. The summed E-state index contributed by atoms with van der Waals surface area (Å²) in [5.74, 6) is 0. The molecule has 14 heavy (non-hydrogen) atoms. The molecule has 1 heterocycles. The molecule has 1 unspecified atom stereocenters. The standard InChI is InChI=1S/C11H21N3/c1-4-6-12-11(5-2)9-14-8-10(3)7-13-14/h7-8,11-12H,4-6,9H2,1-3H3. The fourth-order valence-electron chi connectivity index (χ4n) is 1.48. The van der Waals surface area contributed by atoms with Crippen LogP contribution in [0, 0.1) is 6.92 Å². The third kappa shape index (κ3) is 3.50. The smallest absolute Gasteiger partial charge is 0.0562 e. The largest absolute Gasteiger partial charge is 0.312 e. The summed E-state index contributed by atoms with van der Waals surface area (Å²) < 4.78 is 2.02. The quantitative estimate of drug-likeness (QED) is 0.752. The lowest BCUT2D eigenvalue weighted by Gasteiger charge is -2.16. The van der Waals surface area contributed by atoms with Crippen LogP contribution < -0.4 is 5.32 Å². The van der Waals surface area contributed by atoms with Gasteiger partial charge in [-0.15, -0.1) is 0 Å². The maximum atomic E-state index is 4.29. The van der Waals surface area contributed by atoms with E-state index in [1.165, 1.54) is 12.0 Å². The zero-order chi connectivity index (χ0) is 10.4. The zero-order valence-electron chi connectivity index (χ0n) is 9.45. The van der Waals surface area contributed by atoms with Gasteiger partial charge < -0.3 is 5.32 Å². The fourth-order valence-corrected chi connectivity index (χ4v) is 1.48. The molecule has 1 rings (SSSR count). The first kappa shape index (κ1) is 11.2. The number of hydrogen-bond acceptors (Lipinski definition) is 2. The molecule has 0 aliphatic rings. The van der Waals surface area contributed by atoms with Crippen molar-refractivity contribution in [2.75, 3.05) is 6.54 Å². The van der Waals surface area contributed by atoms with Crippen LogP contribution in [0.25, 0.3) is 0 Å². The molecule has 0 aliphatic heterocycles. The molecule has 0 saturated carbocycles. The summed E-state index contributed by atoms with van der Waals surface area (Å²) in [5, 5.41) is 7.80. The minimum Gasteiger partial charge on any atom is -0.312 e. The van der Waals surface area contributed by atoms with Crippen LogP contribution in [0.1, 0.15) is 32.3 Å². The van der Waals surface area contributed by atoms with Gasteiger partial charge >= 0.3 is 0 Å². The van der Waals surface area contributed by atoms with E-state index >= 15 is 0 Å². The fraction of sp³-hybridized carbons (Fsp3) is 0.727. The van der Waals surface area contributed by atoms with Gasteiger partial charge in [-0.25, -0.2) is 0 Å². The number of aryl methyl sites for hydroxylation is 1. The highest BCUT2D eigenvalue weighted by Crippen LogP contribution is 1.99. The molecule has 0 amide bonds. The van der Waals surface area contributed by atoms with Gasteiger partial charge in [0.1, 0.15) is 0 Å². The highest BCUT2D eigenvalue weighted by atomic mass is 15.3. The highest BCUT2D eigenvalue weighted by Gasteiger charge is 2.05. The van der Waals surface area contributed by atoms with Crippen LogP contribution in [0.4, 0.5) is 0 Å². The predicted octanol–water partition coefficient (Wildman–Crippen LogP) is 1.97. The van der Waals surface area contributed by atoms with E-state index in [0.717, 1.165) is 19.5 Å². The highest BCUT2D eigenvalue weighted by molar-refractivity contribution is 4.99. The predicted molar refractivity (Wildman–Crippen MR) is 59.3 cm³/mol. The molecule has 80 valence electrons. The van der Waals surface area contributed by atoms with E-state index in [0.29, 0.717) is 6.04 Å². The maximum absolute atomic E-state index is 4.29. The first-order valence-electron chi connectivity index (χ1n) is 5.48. The average Bonchev–Trinajstić information content (AvgIpc) is 2.58. The second-order valence-corrected chi connectivity index (χ2v) is 3.80. The van der Waals surface area contributed by atoms with Crippen molar-refractivity contribution in [1.29, 1.82) is 0 Å². The van der Waals surface area contributed by atoms with Crippen LogP contribution in [0.3, 0.4) is 0 Å². The molecule has 3 nitrogen and oxygen atoms in total. The van der Waals surface area contributed by atoms with E-state index < -0.39 is 0 Å². The van der Waals surface area contributed by atoms with Crippen molar-refractivity contribution in [3.05, 3.63) is 18.0 Å². The molecule has 0 aliphatic carbocycles. The molecule has 0 bridgehead atoms. The van der Waals surface area contributed by atoms with E-state index in [2.05, 4.69) is 37.4 Å². The Labute approximate surface area is 86.5 Å². The number of aromatic nitrogens is 2.